The largest absolute Gasteiger partial charge is 1.00 e. The molecular weight excluding hydrogens is 349 g/mol. The fourth-order valence-corrected chi connectivity index (χ4v) is 2.61. The van der Waals surface area contributed by atoms with E-state index in [2.05, 4.69) is 0 Å². The Hall–Kier alpha value is -0.440. The minimum atomic E-state index is -0.372. The summed E-state index contributed by atoms with van der Waals surface area (Å²) < 4.78 is 21.0. The van der Waals surface area contributed by atoms with Gasteiger partial charge in [0.15, 0.2) is 6.29 Å². The van der Waals surface area contributed by atoms with Crippen molar-refractivity contribution in [2.24, 2.45) is 0 Å². The topological polar surface area (TPSA) is 74.3 Å². The second-order valence-corrected chi connectivity index (χ2v) is 5.74. The Balaban J connectivity index is 0. The fourth-order valence-electron chi connectivity index (χ4n) is 2.61. The molecule has 0 aromatic rings. The average Bonchev–Trinajstić information content (AvgIpc) is 2.58. The van der Waals surface area contributed by atoms with Crippen LogP contribution >= 0.6 is 0 Å². The molecular formula is C18H32NNaO6. The first kappa shape index (κ1) is 25.6. The number of carbonyl (C=O) groups is 2. The van der Waals surface area contributed by atoms with Gasteiger partial charge >= 0.3 is 35.5 Å². The Morgan fingerprint density at radius 1 is 1.31 bits per heavy atom. The summed E-state index contributed by atoms with van der Waals surface area (Å²) in [5, 5.41) is 0. The molecule has 8 heteroatoms. The van der Waals surface area contributed by atoms with Crippen molar-refractivity contribution >= 4 is 11.9 Å². The predicted molar refractivity (Wildman–Crippen MR) is 94.1 cm³/mol. The summed E-state index contributed by atoms with van der Waals surface area (Å²) in [6, 6.07) is 0.0641. The van der Waals surface area contributed by atoms with Gasteiger partial charge in [-0.05, 0) is 33.6 Å². The van der Waals surface area contributed by atoms with Crippen LogP contribution in [0.3, 0.4) is 0 Å². The molecule has 0 saturated carbocycles. The number of rotatable bonds is 12. The molecule has 1 aliphatic rings. The Bertz CT molecular complexity index is 438. The molecule has 0 spiro atoms. The number of esters is 1. The molecule has 0 bridgehead atoms. The Kier molecular flexibility index (Phi) is 15.3. The summed E-state index contributed by atoms with van der Waals surface area (Å²) in [4.78, 5) is 25.1. The standard InChI is InChI=1S/C18H31NO6.Na.H/c1-4-23-15(3)25-13-16-9-8-10-17(20)19(16)11-6-7-12-22-14-18(21)24-5-2;;/h6-7,15-16H,4-5,8-14H2,1-3H3;;/q;+1;-1/t15?,16-;;/m1../s1. The van der Waals surface area contributed by atoms with E-state index in [1.165, 1.54) is 0 Å². The van der Waals surface area contributed by atoms with Crippen LogP contribution in [0, 0.1) is 0 Å². The second-order valence-electron chi connectivity index (χ2n) is 5.74. The summed E-state index contributed by atoms with van der Waals surface area (Å²) in [6.45, 7) is 7.71. The van der Waals surface area contributed by atoms with E-state index >= 15 is 0 Å². The molecule has 1 unspecified atom stereocenters. The Morgan fingerprint density at radius 3 is 2.77 bits per heavy atom. The molecule has 0 aromatic heterocycles. The number of ether oxygens (including phenoxy) is 4. The van der Waals surface area contributed by atoms with Crippen molar-refractivity contribution in [3.8, 4) is 0 Å². The van der Waals surface area contributed by atoms with Gasteiger partial charge < -0.3 is 25.3 Å². The summed E-state index contributed by atoms with van der Waals surface area (Å²) in [5.74, 6) is -0.233. The summed E-state index contributed by atoms with van der Waals surface area (Å²) in [6.07, 6.45) is 5.81. The van der Waals surface area contributed by atoms with Crippen LogP contribution in [0.25, 0.3) is 0 Å². The number of amides is 1. The van der Waals surface area contributed by atoms with Gasteiger partial charge in [-0.3, -0.25) is 4.79 Å². The maximum atomic E-state index is 12.2. The average molecular weight is 381 g/mol. The van der Waals surface area contributed by atoms with Gasteiger partial charge in [-0.2, -0.15) is 0 Å². The van der Waals surface area contributed by atoms with Crippen LogP contribution in [0.5, 0.6) is 0 Å². The fraction of sp³-hybridized carbons (Fsp3) is 0.778. The first-order valence-electron chi connectivity index (χ1n) is 8.99. The van der Waals surface area contributed by atoms with Gasteiger partial charge in [-0.15, -0.1) is 0 Å². The number of hydrogen-bond acceptors (Lipinski definition) is 6. The Labute approximate surface area is 180 Å². The third-order valence-corrected chi connectivity index (χ3v) is 3.82. The zero-order valence-corrected chi connectivity index (χ0v) is 18.6. The summed E-state index contributed by atoms with van der Waals surface area (Å²) >= 11 is 0. The van der Waals surface area contributed by atoms with E-state index in [1.54, 1.807) is 6.92 Å². The number of nitrogens with zero attached hydrogens (tertiary/aromatic N) is 1. The molecule has 0 aromatic carbocycles. The van der Waals surface area contributed by atoms with Crippen LogP contribution < -0.4 is 29.6 Å². The van der Waals surface area contributed by atoms with Crippen LogP contribution in [-0.2, 0) is 28.5 Å². The summed E-state index contributed by atoms with van der Waals surface area (Å²) in [7, 11) is 0. The van der Waals surface area contributed by atoms with Crippen molar-refractivity contribution < 1.29 is 59.5 Å². The molecule has 1 heterocycles. The number of hydrogen-bond donors (Lipinski definition) is 0. The molecule has 1 amide bonds. The molecule has 0 aliphatic carbocycles. The van der Waals surface area contributed by atoms with E-state index in [1.807, 2.05) is 30.9 Å². The minimum Gasteiger partial charge on any atom is -1.00 e. The number of piperidine rings is 1. The SMILES string of the molecule is CCOC(=O)COCC=CCN1C(=O)CCC[C@@H]1COC(C)OCC.[H-].[Na+]. The van der Waals surface area contributed by atoms with E-state index in [0.29, 0.717) is 39.4 Å². The van der Waals surface area contributed by atoms with E-state index in [-0.39, 0.29) is 61.8 Å². The zero-order valence-electron chi connectivity index (χ0n) is 17.6. The normalized spacial score (nSPS) is 18.7. The van der Waals surface area contributed by atoms with Crippen molar-refractivity contribution in [3.05, 3.63) is 12.2 Å². The van der Waals surface area contributed by atoms with Crippen molar-refractivity contribution in [2.45, 2.75) is 52.4 Å². The molecule has 146 valence electrons. The maximum Gasteiger partial charge on any atom is 1.00 e. The molecule has 2 atom stereocenters. The van der Waals surface area contributed by atoms with Crippen LogP contribution in [0.2, 0.25) is 0 Å². The smallest absolute Gasteiger partial charge is 1.00 e. The first-order valence-corrected chi connectivity index (χ1v) is 8.99. The van der Waals surface area contributed by atoms with E-state index in [4.69, 9.17) is 18.9 Å². The van der Waals surface area contributed by atoms with Gasteiger partial charge in [-0.1, -0.05) is 12.2 Å². The maximum absolute atomic E-state index is 12.2. The van der Waals surface area contributed by atoms with Gasteiger partial charge in [0.1, 0.15) is 6.61 Å². The molecule has 0 N–H and O–H groups in total. The molecule has 26 heavy (non-hydrogen) atoms. The Morgan fingerprint density at radius 2 is 2.08 bits per heavy atom. The molecule has 1 aliphatic heterocycles. The molecule has 1 rings (SSSR count). The third-order valence-electron chi connectivity index (χ3n) is 3.82. The molecule has 1 fully saturated rings. The summed E-state index contributed by atoms with van der Waals surface area (Å²) in [5.41, 5.74) is 0. The van der Waals surface area contributed by atoms with Gasteiger partial charge in [-0.25, -0.2) is 4.79 Å². The van der Waals surface area contributed by atoms with Crippen LogP contribution in [0.4, 0.5) is 0 Å². The van der Waals surface area contributed by atoms with Crippen molar-refractivity contribution in [1.82, 2.24) is 4.90 Å². The number of carbonyl (C=O) groups excluding carboxylic acids is 2. The predicted octanol–water partition coefficient (Wildman–Crippen LogP) is -0.981. The van der Waals surface area contributed by atoms with Gasteiger partial charge in [0.05, 0.1) is 25.9 Å². The van der Waals surface area contributed by atoms with Crippen LogP contribution in [0.15, 0.2) is 12.2 Å². The second kappa shape index (κ2) is 15.6. The first-order chi connectivity index (χ1) is 12.1. The molecule has 7 nitrogen and oxygen atoms in total. The molecule has 1 saturated heterocycles. The van der Waals surface area contributed by atoms with Crippen LogP contribution in [-0.4, -0.2) is 68.7 Å². The zero-order chi connectivity index (χ0) is 18.5. The quantitative estimate of drug-likeness (QED) is 0.142. The van der Waals surface area contributed by atoms with Crippen molar-refractivity contribution in [2.75, 3.05) is 39.6 Å². The van der Waals surface area contributed by atoms with Crippen molar-refractivity contribution in [1.29, 1.82) is 0 Å². The number of likely N-dealkylation sites (tertiary alicyclic amines) is 1. The van der Waals surface area contributed by atoms with Gasteiger partial charge in [0.2, 0.25) is 5.91 Å². The van der Waals surface area contributed by atoms with Gasteiger partial charge in [0, 0.05) is 19.6 Å². The van der Waals surface area contributed by atoms with Gasteiger partial charge in [0.25, 0.3) is 0 Å². The third kappa shape index (κ3) is 10.6. The van der Waals surface area contributed by atoms with E-state index < -0.39 is 0 Å². The minimum absolute atomic E-state index is 0. The van der Waals surface area contributed by atoms with Crippen molar-refractivity contribution in [3.63, 3.8) is 0 Å². The van der Waals surface area contributed by atoms with E-state index in [9.17, 15) is 9.59 Å². The van der Waals surface area contributed by atoms with Crippen LogP contribution in [0.1, 0.15) is 41.5 Å². The van der Waals surface area contributed by atoms with E-state index in [0.717, 1.165) is 12.8 Å². The molecule has 0 radical (unpaired) electrons. The monoisotopic (exact) mass is 381 g/mol.